The number of amides is 1. The normalized spacial score (nSPS) is 22.2. The van der Waals surface area contributed by atoms with E-state index in [2.05, 4.69) is 26.0 Å². The van der Waals surface area contributed by atoms with Crippen LogP contribution in [0.15, 0.2) is 35.4 Å². The zero-order valence-corrected chi connectivity index (χ0v) is 19.4. The van der Waals surface area contributed by atoms with Crippen LogP contribution in [0.3, 0.4) is 0 Å². The fourth-order valence-corrected chi connectivity index (χ4v) is 4.54. The summed E-state index contributed by atoms with van der Waals surface area (Å²) in [5, 5.41) is 13.0. The number of aromatic nitrogens is 4. The maximum absolute atomic E-state index is 13.3. The molecule has 12 heteroatoms. The lowest BCUT2D eigenvalue weighted by Gasteiger charge is -2.33. The number of hydrogen-bond donors (Lipinski definition) is 3. The monoisotopic (exact) mass is 486 g/mol. The Morgan fingerprint density at radius 1 is 1.34 bits per heavy atom. The number of likely N-dealkylation sites (tertiary alicyclic amines) is 1. The van der Waals surface area contributed by atoms with E-state index < -0.39 is 24.8 Å². The molecule has 3 atom stereocenters. The van der Waals surface area contributed by atoms with Gasteiger partial charge >= 0.3 is 0 Å². The van der Waals surface area contributed by atoms with Crippen molar-refractivity contribution >= 4 is 28.9 Å². The van der Waals surface area contributed by atoms with E-state index in [4.69, 9.17) is 0 Å². The lowest BCUT2D eigenvalue weighted by Crippen LogP contribution is -2.40. The van der Waals surface area contributed by atoms with E-state index in [9.17, 15) is 18.4 Å². The number of nitrogens with one attached hydrogen (secondary N) is 3. The third-order valence-corrected chi connectivity index (χ3v) is 6.51. The van der Waals surface area contributed by atoms with Crippen molar-refractivity contribution in [3.8, 4) is 0 Å². The highest BCUT2D eigenvalue weighted by molar-refractivity contribution is 6.00. The largest absolute Gasteiger partial charge is 0.373 e. The first-order chi connectivity index (χ1) is 17.0. The van der Waals surface area contributed by atoms with Gasteiger partial charge < -0.3 is 20.5 Å². The van der Waals surface area contributed by atoms with Crippen LogP contribution >= 0.6 is 0 Å². The van der Waals surface area contributed by atoms with Gasteiger partial charge in [-0.05, 0) is 31.5 Å². The minimum atomic E-state index is -1.02. The smallest absolute Gasteiger partial charge is 0.274 e. The van der Waals surface area contributed by atoms with Crippen molar-refractivity contribution in [2.45, 2.75) is 37.5 Å². The van der Waals surface area contributed by atoms with Gasteiger partial charge in [0, 0.05) is 44.9 Å². The van der Waals surface area contributed by atoms with Crippen molar-refractivity contribution < 1.29 is 13.6 Å². The van der Waals surface area contributed by atoms with Crippen LogP contribution < -0.4 is 21.5 Å². The van der Waals surface area contributed by atoms with E-state index in [1.54, 1.807) is 36.0 Å². The molecule has 1 amide bonds. The van der Waals surface area contributed by atoms with E-state index in [0.29, 0.717) is 36.8 Å². The number of anilines is 3. The molecular formula is C23H28F2N8O2. The maximum atomic E-state index is 13.3. The summed E-state index contributed by atoms with van der Waals surface area (Å²) in [6.45, 7) is 1.41. The topological polar surface area (TPSA) is 109 Å². The molecule has 1 saturated heterocycles. The van der Waals surface area contributed by atoms with Gasteiger partial charge in [0.25, 0.3) is 11.5 Å². The second-order valence-electron chi connectivity index (χ2n) is 8.95. The van der Waals surface area contributed by atoms with Crippen LogP contribution in [0.25, 0.3) is 5.65 Å². The number of fused-ring (bicyclic) bond motifs is 1. The molecule has 1 saturated carbocycles. The molecule has 1 aliphatic carbocycles. The molecule has 3 aromatic rings. The molecular weight excluding hydrogens is 458 g/mol. The predicted octanol–water partition coefficient (Wildman–Crippen LogP) is 2.12. The minimum Gasteiger partial charge on any atom is -0.373 e. The van der Waals surface area contributed by atoms with E-state index in [1.807, 2.05) is 4.90 Å². The van der Waals surface area contributed by atoms with Gasteiger partial charge in [0.2, 0.25) is 0 Å². The molecule has 1 aliphatic heterocycles. The van der Waals surface area contributed by atoms with Gasteiger partial charge in [-0.25, -0.2) is 13.8 Å². The first-order valence-corrected chi connectivity index (χ1v) is 11.8. The number of rotatable bonds is 8. The molecule has 2 aliphatic rings. The summed E-state index contributed by atoms with van der Waals surface area (Å²) >= 11 is 0. The molecule has 0 unspecified atom stereocenters. The fraction of sp³-hybridized carbons (Fsp3) is 0.478. The van der Waals surface area contributed by atoms with Gasteiger partial charge in [-0.3, -0.25) is 14.5 Å². The van der Waals surface area contributed by atoms with Crippen LogP contribution in [0.4, 0.5) is 26.1 Å². The van der Waals surface area contributed by atoms with Crippen molar-refractivity contribution in [3.05, 3.63) is 46.5 Å². The summed E-state index contributed by atoms with van der Waals surface area (Å²) in [5.41, 5.74) is 0.613. The second kappa shape index (κ2) is 9.61. The standard InChI is InChI=1S/C23H28F2N8O2/c1-26-20-11-19(30-21-15(12-27-33(20)21)22(34)29-18-10-16(18)25)28-17-5-3-8-32(23(17)35)14-4-2-7-31(13-14)9-6-24/h3,5,8,11-12,14,16,18,26H,2,4,6-7,9-10,13H2,1H3,(H,28,30)(H,29,34)/t14-,16+,18-/m1/s1. The Kier molecular flexibility index (Phi) is 6.37. The minimum absolute atomic E-state index is 0.0419. The average Bonchev–Trinajstić information content (AvgIpc) is 3.37. The number of halogens is 2. The highest BCUT2D eigenvalue weighted by Crippen LogP contribution is 2.27. The Balaban J connectivity index is 1.43. The van der Waals surface area contributed by atoms with Crippen molar-refractivity contribution in [1.82, 2.24) is 29.4 Å². The van der Waals surface area contributed by atoms with Crippen LogP contribution in [0.5, 0.6) is 0 Å². The zero-order valence-electron chi connectivity index (χ0n) is 19.4. The van der Waals surface area contributed by atoms with Gasteiger partial charge in [-0.2, -0.15) is 9.61 Å². The number of nitrogens with zero attached hydrogens (tertiary/aromatic N) is 5. The lowest BCUT2D eigenvalue weighted by molar-refractivity contribution is 0.0949. The summed E-state index contributed by atoms with van der Waals surface area (Å²) < 4.78 is 29.2. The molecule has 2 fully saturated rings. The van der Waals surface area contributed by atoms with Gasteiger partial charge in [0.05, 0.1) is 12.2 Å². The van der Waals surface area contributed by atoms with Crippen molar-refractivity contribution in [2.24, 2.45) is 0 Å². The van der Waals surface area contributed by atoms with E-state index >= 15 is 0 Å². The van der Waals surface area contributed by atoms with E-state index in [0.717, 1.165) is 19.4 Å². The maximum Gasteiger partial charge on any atom is 0.274 e. The summed E-state index contributed by atoms with van der Waals surface area (Å²) in [5.74, 6) is 0.453. The van der Waals surface area contributed by atoms with E-state index in [-0.39, 0.29) is 22.8 Å². The molecule has 3 N–H and O–H groups in total. The molecule has 0 aromatic carbocycles. The molecule has 4 heterocycles. The first kappa shape index (κ1) is 23.2. The summed E-state index contributed by atoms with van der Waals surface area (Å²) in [4.78, 5) is 32.5. The Morgan fingerprint density at radius 3 is 2.91 bits per heavy atom. The van der Waals surface area contributed by atoms with Crippen LogP contribution in [0.1, 0.15) is 35.7 Å². The molecule has 0 bridgehead atoms. The van der Waals surface area contributed by atoms with Crippen LogP contribution in [-0.2, 0) is 0 Å². The van der Waals surface area contributed by atoms with Gasteiger partial charge in [-0.15, -0.1) is 0 Å². The SMILES string of the molecule is CNc1cc(Nc2cccn([C@@H]3CCCN(CCF)C3)c2=O)nc2c(C(=O)N[C@@H]3C[C@@H]3F)cnn12. The Morgan fingerprint density at radius 2 is 2.17 bits per heavy atom. The second-order valence-corrected chi connectivity index (χ2v) is 8.95. The molecule has 5 rings (SSSR count). The third kappa shape index (κ3) is 4.70. The number of carbonyl (C=O) groups excluding carboxylic acids is 1. The lowest BCUT2D eigenvalue weighted by atomic mass is 10.1. The van der Waals surface area contributed by atoms with E-state index in [1.165, 1.54) is 10.7 Å². The third-order valence-electron chi connectivity index (χ3n) is 6.51. The fourth-order valence-electron chi connectivity index (χ4n) is 4.54. The molecule has 186 valence electrons. The first-order valence-electron chi connectivity index (χ1n) is 11.8. The van der Waals surface area contributed by atoms with Gasteiger partial charge in [0.1, 0.15) is 35.7 Å². The quantitative estimate of drug-likeness (QED) is 0.448. The molecule has 10 nitrogen and oxygen atoms in total. The Bertz CT molecular complexity index is 1290. The molecule has 0 spiro atoms. The van der Waals surface area contributed by atoms with Crippen molar-refractivity contribution in [2.75, 3.05) is 44.0 Å². The average molecular weight is 487 g/mol. The summed E-state index contributed by atoms with van der Waals surface area (Å²) in [7, 11) is 1.71. The number of hydrogen-bond acceptors (Lipinski definition) is 7. The summed E-state index contributed by atoms with van der Waals surface area (Å²) in [6, 6.07) is 4.62. The van der Waals surface area contributed by atoms with Crippen molar-refractivity contribution in [3.63, 3.8) is 0 Å². The van der Waals surface area contributed by atoms with Crippen LogP contribution in [0, 0.1) is 0 Å². The molecule has 35 heavy (non-hydrogen) atoms. The van der Waals surface area contributed by atoms with Gasteiger partial charge in [0.15, 0.2) is 5.65 Å². The number of alkyl halides is 2. The number of pyridine rings is 1. The zero-order chi connectivity index (χ0) is 24.5. The van der Waals surface area contributed by atoms with Crippen LogP contribution in [0.2, 0.25) is 0 Å². The van der Waals surface area contributed by atoms with Crippen LogP contribution in [-0.4, -0.2) is 75.5 Å². The Hall–Kier alpha value is -3.54. The number of carbonyl (C=O) groups is 1. The number of piperidine rings is 1. The molecule has 0 radical (unpaired) electrons. The van der Waals surface area contributed by atoms with Gasteiger partial charge in [-0.1, -0.05) is 0 Å². The highest BCUT2D eigenvalue weighted by atomic mass is 19.1. The predicted molar refractivity (Wildman–Crippen MR) is 128 cm³/mol. The Labute approximate surface area is 200 Å². The van der Waals surface area contributed by atoms with Crippen molar-refractivity contribution in [1.29, 1.82) is 0 Å². The highest BCUT2D eigenvalue weighted by Gasteiger charge is 2.39. The molecule has 3 aromatic heterocycles. The summed E-state index contributed by atoms with van der Waals surface area (Å²) in [6.07, 6.45) is 4.16.